The van der Waals surface area contributed by atoms with Gasteiger partial charge in [0.15, 0.2) is 17.3 Å². The number of rotatable bonds is 9. The molecule has 11 nitrogen and oxygen atoms in total. The molecular weight excluding hydrogens is 418 g/mol. The predicted octanol–water partition coefficient (Wildman–Crippen LogP) is 2.33. The number of hydrogen-bond donors (Lipinski definition) is 1. The van der Waals surface area contributed by atoms with Crippen molar-refractivity contribution in [3.05, 3.63) is 53.3 Å². The van der Waals surface area contributed by atoms with Crippen LogP contribution < -0.4 is 19.5 Å². The summed E-state index contributed by atoms with van der Waals surface area (Å²) in [5.74, 6) is 0.782. The van der Waals surface area contributed by atoms with E-state index >= 15 is 0 Å². The van der Waals surface area contributed by atoms with E-state index in [9.17, 15) is 9.59 Å². The summed E-state index contributed by atoms with van der Waals surface area (Å²) >= 11 is 0. The van der Waals surface area contributed by atoms with Crippen LogP contribution in [0.15, 0.2) is 36.4 Å². The third-order valence-corrected chi connectivity index (χ3v) is 4.57. The fourth-order valence-corrected chi connectivity index (χ4v) is 2.88. The summed E-state index contributed by atoms with van der Waals surface area (Å²) in [4.78, 5) is 24.9. The molecule has 0 aliphatic carbocycles. The number of esters is 1. The van der Waals surface area contributed by atoms with Gasteiger partial charge in [-0.05, 0) is 41.6 Å². The molecule has 11 heteroatoms. The zero-order chi connectivity index (χ0) is 23.1. The molecule has 32 heavy (non-hydrogen) atoms. The van der Waals surface area contributed by atoms with Gasteiger partial charge in [0.05, 0.1) is 32.6 Å². The number of aryl methyl sites for hydroxylation is 1. The average molecular weight is 441 g/mol. The number of amides is 1. The van der Waals surface area contributed by atoms with Gasteiger partial charge >= 0.3 is 5.97 Å². The van der Waals surface area contributed by atoms with Gasteiger partial charge in [-0.15, -0.1) is 5.10 Å². The summed E-state index contributed by atoms with van der Waals surface area (Å²) in [5, 5.41) is 14.1. The van der Waals surface area contributed by atoms with E-state index in [1.807, 2.05) is 6.92 Å². The van der Waals surface area contributed by atoms with Gasteiger partial charge in [0.2, 0.25) is 0 Å². The highest BCUT2D eigenvalue weighted by Gasteiger charge is 2.19. The number of nitrogens with one attached hydrogen (secondary N) is 1. The molecule has 0 saturated heterocycles. The van der Waals surface area contributed by atoms with Crippen molar-refractivity contribution in [2.24, 2.45) is 0 Å². The van der Waals surface area contributed by atoms with Gasteiger partial charge in [-0.3, -0.25) is 4.79 Å². The Bertz CT molecular complexity index is 1100. The zero-order valence-corrected chi connectivity index (χ0v) is 18.1. The van der Waals surface area contributed by atoms with Crippen molar-refractivity contribution in [1.82, 2.24) is 20.2 Å². The van der Waals surface area contributed by atoms with E-state index in [0.29, 0.717) is 35.2 Å². The van der Waals surface area contributed by atoms with E-state index in [0.717, 1.165) is 0 Å². The Morgan fingerprint density at radius 1 is 1.03 bits per heavy atom. The largest absolute Gasteiger partial charge is 0.493 e. The summed E-state index contributed by atoms with van der Waals surface area (Å²) in [6, 6.07) is 9.47. The third kappa shape index (κ3) is 4.94. The van der Waals surface area contributed by atoms with Crippen molar-refractivity contribution in [1.29, 1.82) is 0 Å². The number of tetrazole rings is 1. The normalized spacial score (nSPS) is 10.4. The molecule has 0 atom stereocenters. The summed E-state index contributed by atoms with van der Waals surface area (Å²) in [5.41, 5.74) is 0.722. The van der Waals surface area contributed by atoms with Crippen molar-refractivity contribution in [3.63, 3.8) is 0 Å². The second kappa shape index (κ2) is 10.2. The van der Waals surface area contributed by atoms with Gasteiger partial charge in [0, 0.05) is 24.2 Å². The van der Waals surface area contributed by atoms with Crippen LogP contribution in [0.4, 0.5) is 5.69 Å². The van der Waals surface area contributed by atoms with Crippen LogP contribution in [0.2, 0.25) is 0 Å². The van der Waals surface area contributed by atoms with E-state index < -0.39 is 11.9 Å². The quantitative estimate of drug-likeness (QED) is 0.498. The van der Waals surface area contributed by atoms with Crippen LogP contribution in [0.25, 0.3) is 0 Å². The molecule has 2 aromatic carbocycles. The molecule has 168 valence electrons. The summed E-state index contributed by atoms with van der Waals surface area (Å²) in [6.45, 7) is 2.76. The first-order valence-corrected chi connectivity index (χ1v) is 9.64. The SMILES string of the molecule is CCn1nnnc1COc1ccc(C(=O)Nc2cc(OC)c(OC)cc2C(=O)OC)cc1. The van der Waals surface area contributed by atoms with Gasteiger partial charge in [-0.2, -0.15) is 0 Å². The molecule has 1 N–H and O–H groups in total. The lowest BCUT2D eigenvalue weighted by molar-refractivity contribution is 0.0601. The fourth-order valence-electron chi connectivity index (χ4n) is 2.88. The number of carbonyl (C=O) groups is 2. The Morgan fingerprint density at radius 2 is 1.72 bits per heavy atom. The molecule has 0 fully saturated rings. The lowest BCUT2D eigenvalue weighted by Crippen LogP contribution is -2.16. The van der Waals surface area contributed by atoms with Crippen LogP contribution >= 0.6 is 0 Å². The third-order valence-electron chi connectivity index (χ3n) is 4.57. The Hall–Kier alpha value is -4.15. The number of carbonyl (C=O) groups excluding carboxylic acids is 2. The van der Waals surface area contributed by atoms with Gasteiger partial charge in [-0.1, -0.05) is 0 Å². The molecule has 1 amide bonds. The molecular formula is C21H23N5O6. The van der Waals surface area contributed by atoms with Crippen LogP contribution in [0.5, 0.6) is 17.2 Å². The first kappa shape index (κ1) is 22.5. The first-order chi connectivity index (χ1) is 15.5. The lowest BCUT2D eigenvalue weighted by atomic mass is 10.1. The lowest BCUT2D eigenvalue weighted by Gasteiger charge is -2.15. The van der Waals surface area contributed by atoms with Gasteiger partial charge in [-0.25, -0.2) is 9.48 Å². The Balaban J connectivity index is 1.74. The number of aromatic nitrogens is 4. The minimum atomic E-state index is -0.626. The van der Waals surface area contributed by atoms with Crippen LogP contribution in [0.1, 0.15) is 33.5 Å². The second-order valence-corrected chi connectivity index (χ2v) is 6.42. The Morgan fingerprint density at radius 3 is 2.34 bits per heavy atom. The average Bonchev–Trinajstić information content (AvgIpc) is 3.29. The van der Waals surface area contributed by atoms with Crippen LogP contribution in [0.3, 0.4) is 0 Å². The van der Waals surface area contributed by atoms with Crippen LogP contribution in [-0.2, 0) is 17.9 Å². The summed E-state index contributed by atoms with van der Waals surface area (Å²) < 4.78 is 22.6. The number of anilines is 1. The number of methoxy groups -OCH3 is 3. The number of hydrogen-bond acceptors (Lipinski definition) is 9. The first-order valence-electron chi connectivity index (χ1n) is 9.64. The predicted molar refractivity (Wildman–Crippen MR) is 113 cm³/mol. The maximum atomic E-state index is 12.8. The highest BCUT2D eigenvalue weighted by atomic mass is 16.5. The molecule has 3 rings (SSSR count). The molecule has 1 aromatic heterocycles. The molecule has 0 aliphatic heterocycles. The van der Waals surface area contributed by atoms with E-state index in [1.165, 1.54) is 33.5 Å². The van der Waals surface area contributed by atoms with Gasteiger partial charge in [0.1, 0.15) is 12.4 Å². The highest BCUT2D eigenvalue weighted by molar-refractivity contribution is 6.08. The van der Waals surface area contributed by atoms with Crippen LogP contribution in [0, 0.1) is 0 Å². The van der Waals surface area contributed by atoms with Crippen LogP contribution in [-0.4, -0.2) is 53.4 Å². The topological polar surface area (TPSA) is 127 Å². The number of benzene rings is 2. The smallest absolute Gasteiger partial charge is 0.340 e. The standard InChI is InChI=1S/C21H23N5O6/c1-5-26-19(23-24-25-26)12-32-14-8-6-13(7-9-14)20(27)22-16-11-18(30-3)17(29-2)10-15(16)21(28)31-4/h6-11H,5,12H2,1-4H3,(H,22,27). The molecule has 0 unspecified atom stereocenters. The summed E-state index contributed by atoms with van der Waals surface area (Å²) in [6.07, 6.45) is 0. The van der Waals surface area contributed by atoms with E-state index in [1.54, 1.807) is 28.9 Å². The maximum Gasteiger partial charge on any atom is 0.340 e. The Kier molecular flexibility index (Phi) is 7.21. The van der Waals surface area contributed by atoms with E-state index in [4.69, 9.17) is 18.9 Å². The second-order valence-electron chi connectivity index (χ2n) is 6.42. The molecule has 3 aromatic rings. The molecule has 0 bridgehead atoms. The minimum Gasteiger partial charge on any atom is -0.493 e. The minimum absolute atomic E-state index is 0.132. The maximum absolute atomic E-state index is 12.8. The molecule has 0 spiro atoms. The number of nitrogens with zero attached hydrogens (tertiary/aromatic N) is 4. The zero-order valence-electron chi connectivity index (χ0n) is 18.1. The van der Waals surface area contributed by atoms with Crippen molar-refractivity contribution in [2.75, 3.05) is 26.6 Å². The van der Waals surface area contributed by atoms with Crippen molar-refractivity contribution in [2.45, 2.75) is 20.1 Å². The molecule has 0 radical (unpaired) electrons. The fraction of sp³-hybridized carbons (Fsp3) is 0.286. The number of ether oxygens (including phenoxy) is 4. The van der Waals surface area contributed by atoms with E-state index in [-0.39, 0.29) is 17.9 Å². The molecule has 0 aliphatic rings. The highest BCUT2D eigenvalue weighted by Crippen LogP contribution is 2.34. The van der Waals surface area contributed by atoms with Gasteiger partial charge in [0.25, 0.3) is 5.91 Å². The van der Waals surface area contributed by atoms with Crippen molar-refractivity contribution in [3.8, 4) is 17.2 Å². The summed E-state index contributed by atoms with van der Waals surface area (Å²) in [7, 11) is 4.16. The Labute approximate surface area is 184 Å². The monoisotopic (exact) mass is 441 g/mol. The molecule has 1 heterocycles. The van der Waals surface area contributed by atoms with Crippen molar-refractivity contribution < 1.29 is 28.5 Å². The molecule has 0 saturated carbocycles. The van der Waals surface area contributed by atoms with E-state index in [2.05, 4.69) is 20.8 Å². The van der Waals surface area contributed by atoms with Crippen molar-refractivity contribution >= 4 is 17.6 Å². The van der Waals surface area contributed by atoms with Gasteiger partial charge < -0.3 is 24.3 Å².